The third kappa shape index (κ3) is 2.02. The summed E-state index contributed by atoms with van der Waals surface area (Å²) in [6, 6.07) is 5.92. The van der Waals surface area contributed by atoms with Gasteiger partial charge in [0.2, 0.25) is 0 Å². The topological polar surface area (TPSA) is 21.3 Å². The van der Waals surface area contributed by atoms with E-state index in [0.29, 0.717) is 0 Å². The van der Waals surface area contributed by atoms with Gasteiger partial charge < -0.3 is 10.1 Å². The van der Waals surface area contributed by atoms with Gasteiger partial charge in [0.1, 0.15) is 11.4 Å². The van der Waals surface area contributed by atoms with Gasteiger partial charge in [-0.2, -0.15) is 0 Å². The second-order valence-electron chi connectivity index (χ2n) is 4.46. The average Bonchev–Trinajstić information content (AvgIpc) is 2.67. The molecule has 1 aromatic carbocycles. The largest absolute Gasteiger partial charge is 0.486 e. The maximum Gasteiger partial charge on any atom is 0.123 e. The Bertz CT molecular complexity index is 389. The Morgan fingerprint density at radius 1 is 1.31 bits per heavy atom. The molecule has 2 heterocycles. The van der Waals surface area contributed by atoms with Crippen LogP contribution in [0.15, 0.2) is 18.2 Å². The summed E-state index contributed by atoms with van der Waals surface area (Å²) in [6.45, 7) is 2.05. The standard InChI is InChI=1S/C12H14ClNO.ClH/c13-10-1-2-11-9(7-10)3-4-12(15-11)5-6-14-8-12;/h1-2,7,14H,3-6,8H2;1H. The zero-order valence-electron chi connectivity index (χ0n) is 8.96. The van der Waals surface area contributed by atoms with Gasteiger partial charge in [0.05, 0.1) is 0 Å². The second kappa shape index (κ2) is 4.44. The van der Waals surface area contributed by atoms with Crippen LogP contribution in [-0.2, 0) is 6.42 Å². The minimum Gasteiger partial charge on any atom is -0.486 e. The van der Waals surface area contributed by atoms with Crippen LogP contribution in [-0.4, -0.2) is 18.7 Å². The molecule has 1 saturated heterocycles. The highest BCUT2D eigenvalue weighted by Crippen LogP contribution is 2.37. The lowest BCUT2D eigenvalue weighted by atomic mass is 9.90. The lowest BCUT2D eigenvalue weighted by molar-refractivity contribution is 0.0665. The first-order valence-electron chi connectivity index (χ1n) is 5.46. The quantitative estimate of drug-likeness (QED) is 0.774. The first-order valence-corrected chi connectivity index (χ1v) is 5.83. The van der Waals surface area contributed by atoms with Crippen molar-refractivity contribution in [3.8, 4) is 5.75 Å². The Balaban J connectivity index is 0.000000963. The smallest absolute Gasteiger partial charge is 0.123 e. The highest BCUT2D eigenvalue weighted by Gasteiger charge is 2.38. The molecule has 1 aromatic rings. The Kier molecular flexibility index (Phi) is 3.34. The SMILES string of the molecule is Cl.Clc1ccc2c(c1)CCC1(CCNC1)O2. The summed E-state index contributed by atoms with van der Waals surface area (Å²) >= 11 is 5.96. The van der Waals surface area contributed by atoms with Crippen LogP contribution >= 0.6 is 24.0 Å². The molecule has 1 N–H and O–H groups in total. The highest BCUT2D eigenvalue weighted by molar-refractivity contribution is 6.30. The van der Waals surface area contributed by atoms with Gasteiger partial charge in [-0.15, -0.1) is 12.4 Å². The van der Waals surface area contributed by atoms with Gasteiger partial charge in [-0.05, 0) is 43.1 Å². The molecule has 2 aliphatic heterocycles. The van der Waals surface area contributed by atoms with E-state index < -0.39 is 0 Å². The van der Waals surface area contributed by atoms with Gasteiger partial charge >= 0.3 is 0 Å². The van der Waals surface area contributed by atoms with E-state index in [2.05, 4.69) is 5.32 Å². The summed E-state index contributed by atoms with van der Waals surface area (Å²) in [5, 5.41) is 4.18. The van der Waals surface area contributed by atoms with E-state index in [1.807, 2.05) is 18.2 Å². The molecule has 2 aliphatic rings. The number of hydrogen-bond donors (Lipinski definition) is 1. The lowest BCUT2D eigenvalue weighted by Crippen LogP contribution is -2.41. The molecule has 0 aromatic heterocycles. The molecule has 1 fully saturated rings. The van der Waals surface area contributed by atoms with Crippen LogP contribution in [0.5, 0.6) is 5.75 Å². The van der Waals surface area contributed by atoms with Crippen LogP contribution in [0.2, 0.25) is 5.02 Å². The molecule has 16 heavy (non-hydrogen) atoms. The number of benzene rings is 1. The molecule has 3 rings (SSSR count). The Labute approximate surface area is 107 Å². The first kappa shape index (κ1) is 12.0. The molecule has 1 atom stereocenters. The van der Waals surface area contributed by atoms with Gasteiger partial charge in [0, 0.05) is 18.0 Å². The van der Waals surface area contributed by atoms with Gasteiger partial charge in [0.25, 0.3) is 0 Å². The summed E-state index contributed by atoms with van der Waals surface area (Å²) < 4.78 is 6.11. The number of fused-ring (bicyclic) bond motifs is 1. The molecule has 1 unspecified atom stereocenters. The predicted octanol–water partition coefficient (Wildman–Crippen LogP) is 2.82. The van der Waals surface area contributed by atoms with Gasteiger partial charge in [-0.1, -0.05) is 11.6 Å². The van der Waals surface area contributed by atoms with E-state index >= 15 is 0 Å². The van der Waals surface area contributed by atoms with Crippen molar-refractivity contribution in [1.29, 1.82) is 0 Å². The maximum atomic E-state index is 6.11. The van der Waals surface area contributed by atoms with E-state index in [0.717, 1.165) is 43.1 Å². The molecule has 88 valence electrons. The Morgan fingerprint density at radius 3 is 2.94 bits per heavy atom. The third-order valence-corrected chi connectivity index (χ3v) is 3.64. The van der Waals surface area contributed by atoms with Crippen molar-refractivity contribution < 1.29 is 4.74 Å². The van der Waals surface area contributed by atoms with E-state index in [1.54, 1.807) is 0 Å². The van der Waals surface area contributed by atoms with Crippen molar-refractivity contribution in [1.82, 2.24) is 5.32 Å². The summed E-state index contributed by atoms with van der Waals surface area (Å²) in [5.41, 5.74) is 1.31. The molecule has 0 amide bonds. The molecule has 0 saturated carbocycles. The van der Waals surface area contributed by atoms with Crippen LogP contribution < -0.4 is 10.1 Å². The van der Waals surface area contributed by atoms with E-state index in [4.69, 9.17) is 16.3 Å². The molecule has 1 spiro atoms. The fraction of sp³-hybridized carbons (Fsp3) is 0.500. The average molecular weight is 260 g/mol. The van der Waals surface area contributed by atoms with Crippen molar-refractivity contribution in [2.45, 2.75) is 24.9 Å². The first-order chi connectivity index (χ1) is 7.27. The third-order valence-electron chi connectivity index (χ3n) is 3.40. The van der Waals surface area contributed by atoms with Crippen LogP contribution in [0, 0.1) is 0 Å². The number of nitrogens with one attached hydrogen (secondary N) is 1. The van der Waals surface area contributed by atoms with Crippen molar-refractivity contribution >= 4 is 24.0 Å². The number of hydrogen-bond acceptors (Lipinski definition) is 2. The number of aryl methyl sites for hydroxylation is 1. The fourth-order valence-corrected chi connectivity index (χ4v) is 2.71. The Morgan fingerprint density at radius 2 is 2.19 bits per heavy atom. The molecule has 0 bridgehead atoms. The number of halogens is 2. The van der Waals surface area contributed by atoms with Gasteiger partial charge in [-0.25, -0.2) is 0 Å². The van der Waals surface area contributed by atoms with E-state index in [-0.39, 0.29) is 18.0 Å². The van der Waals surface area contributed by atoms with E-state index in [9.17, 15) is 0 Å². The number of rotatable bonds is 0. The van der Waals surface area contributed by atoms with Crippen molar-refractivity contribution in [3.05, 3.63) is 28.8 Å². The van der Waals surface area contributed by atoms with Crippen molar-refractivity contribution in [2.24, 2.45) is 0 Å². The zero-order chi connectivity index (χ0) is 10.3. The summed E-state index contributed by atoms with van der Waals surface area (Å²) in [6.07, 6.45) is 3.31. The molecule has 2 nitrogen and oxygen atoms in total. The minimum absolute atomic E-state index is 0. The second-order valence-corrected chi connectivity index (χ2v) is 4.90. The van der Waals surface area contributed by atoms with Gasteiger partial charge in [-0.3, -0.25) is 0 Å². The summed E-state index contributed by atoms with van der Waals surface area (Å²) in [4.78, 5) is 0. The Hall–Kier alpha value is -0.440. The lowest BCUT2D eigenvalue weighted by Gasteiger charge is -2.35. The normalized spacial score (nSPS) is 27.1. The zero-order valence-corrected chi connectivity index (χ0v) is 10.5. The molecular formula is C12H15Cl2NO. The monoisotopic (exact) mass is 259 g/mol. The van der Waals surface area contributed by atoms with Crippen LogP contribution in [0.1, 0.15) is 18.4 Å². The van der Waals surface area contributed by atoms with Crippen molar-refractivity contribution in [3.63, 3.8) is 0 Å². The minimum atomic E-state index is 0. The fourth-order valence-electron chi connectivity index (χ4n) is 2.51. The molecular weight excluding hydrogens is 245 g/mol. The van der Waals surface area contributed by atoms with Gasteiger partial charge in [0.15, 0.2) is 0 Å². The maximum absolute atomic E-state index is 6.11. The van der Waals surface area contributed by atoms with E-state index in [1.165, 1.54) is 5.56 Å². The molecule has 0 aliphatic carbocycles. The summed E-state index contributed by atoms with van der Waals surface area (Å²) in [5.74, 6) is 1.02. The van der Waals surface area contributed by atoms with Crippen LogP contribution in [0.25, 0.3) is 0 Å². The van der Waals surface area contributed by atoms with Crippen molar-refractivity contribution in [2.75, 3.05) is 13.1 Å². The summed E-state index contributed by atoms with van der Waals surface area (Å²) in [7, 11) is 0. The predicted molar refractivity (Wildman–Crippen MR) is 67.9 cm³/mol. The van der Waals surface area contributed by atoms with Crippen LogP contribution in [0.4, 0.5) is 0 Å². The molecule has 4 heteroatoms. The highest BCUT2D eigenvalue weighted by atomic mass is 35.5. The number of ether oxygens (including phenoxy) is 1. The van der Waals surface area contributed by atoms with Crippen LogP contribution in [0.3, 0.4) is 0 Å². The molecule has 0 radical (unpaired) electrons.